The number of hydrogen-bond acceptors (Lipinski definition) is 5. The maximum absolute atomic E-state index is 13.0. The van der Waals surface area contributed by atoms with E-state index in [4.69, 9.17) is 11.6 Å². The van der Waals surface area contributed by atoms with Gasteiger partial charge in [-0.3, -0.25) is 4.79 Å². The number of anilines is 2. The fourth-order valence-electron chi connectivity index (χ4n) is 2.89. The van der Waals surface area contributed by atoms with E-state index in [1.807, 2.05) is 13.0 Å². The number of carbonyl (C=O) groups is 1. The predicted molar refractivity (Wildman–Crippen MR) is 100 cm³/mol. The van der Waals surface area contributed by atoms with Gasteiger partial charge in [0.25, 0.3) is 5.91 Å². The highest BCUT2D eigenvalue weighted by molar-refractivity contribution is 6.33. The molecule has 1 amide bonds. The van der Waals surface area contributed by atoms with Gasteiger partial charge in [0.15, 0.2) is 0 Å². The average Bonchev–Trinajstić information content (AvgIpc) is 3.13. The number of hydrogen-bond donors (Lipinski definition) is 2. The van der Waals surface area contributed by atoms with Crippen LogP contribution in [0, 0.1) is 12.7 Å². The Labute approximate surface area is 156 Å². The van der Waals surface area contributed by atoms with Gasteiger partial charge in [0, 0.05) is 32.2 Å². The van der Waals surface area contributed by atoms with Crippen LogP contribution in [0.15, 0.2) is 24.3 Å². The largest absolute Gasteiger partial charge is 0.368 e. The standard InChI is InChI=1S/C18H21ClFN5O/c1-12-23-16(11-17(24-12)25-8-2-3-9-25)21-6-7-22-18(26)14-5-4-13(20)10-15(14)19/h4-5,10-11H,2-3,6-9H2,1H3,(H,22,26)(H,21,23,24). The zero-order valence-electron chi connectivity index (χ0n) is 14.6. The first-order chi connectivity index (χ1) is 12.5. The van der Waals surface area contributed by atoms with Gasteiger partial charge in [-0.15, -0.1) is 0 Å². The van der Waals surface area contributed by atoms with Crippen LogP contribution in [0.2, 0.25) is 5.02 Å². The van der Waals surface area contributed by atoms with E-state index in [2.05, 4.69) is 25.5 Å². The number of nitrogens with one attached hydrogen (secondary N) is 2. The highest BCUT2D eigenvalue weighted by Gasteiger charge is 2.15. The summed E-state index contributed by atoms with van der Waals surface area (Å²) in [4.78, 5) is 23.2. The van der Waals surface area contributed by atoms with Crippen LogP contribution < -0.4 is 15.5 Å². The molecule has 1 aromatic heterocycles. The van der Waals surface area contributed by atoms with E-state index in [0.717, 1.165) is 30.8 Å². The number of benzene rings is 1. The summed E-state index contributed by atoms with van der Waals surface area (Å²) >= 11 is 5.89. The predicted octanol–water partition coefficient (Wildman–Crippen LogP) is 3.02. The molecule has 0 spiro atoms. The lowest BCUT2D eigenvalue weighted by atomic mass is 10.2. The number of nitrogens with zero attached hydrogens (tertiary/aromatic N) is 3. The van der Waals surface area contributed by atoms with E-state index in [1.54, 1.807) is 0 Å². The van der Waals surface area contributed by atoms with Crippen LogP contribution in [0.1, 0.15) is 29.0 Å². The van der Waals surface area contributed by atoms with Gasteiger partial charge >= 0.3 is 0 Å². The fourth-order valence-corrected chi connectivity index (χ4v) is 3.14. The molecule has 138 valence electrons. The summed E-state index contributed by atoms with van der Waals surface area (Å²) in [6.07, 6.45) is 2.37. The number of rotatable bonds is 6. The zero-order valence-corrected chi connectivity index (χ0v) is 15.3. The molecule has 2 N–H and O–H groups in total. The van der Waals surface area contributed by atoms with E-state index in [9.17, 15) is 9.18 Å². The van der Waals surface area contributed by atoms with E-state index < -0.39 is 5.82 Å². The second-order valence-electron chi connectivity index (χ2n) is 6.16. The van der Waals surface area contributed by atoms with Crippen molar-refractivity contribution in [2.45, 2.75) is 19.8 Å². The minimum absolute atomic E-state index is 0.0946. The van der Waals surface area contributed by atoms with Crippen molar-refractivity contribution in [2.24, 2.45) is 0 Å². The van der Waals surface area contributed by atoms with Gasteiger partial charge in [0.05, 0.1) is 10.6 Å². The number of halogens is 2. The Balaban J connectivity index is 1.52. The summed E-state index contributed by atoms with van der Waals surface area (Å²) in [5.74, 6) is 1.56. The zero-order chi connectivity index (χ0) is 18.5. The lowest BCUT2D eigenvalue weighted by Crippen LogP contribution is -2.29. The first kappa shape index (κ1) is 18.4. The lowest BCUT2D eigenvalue weighted by Gasteiger charge is -2.17. The topological polar surface area (TPSA) is 70.2 Å². The van der Waals surface area contributed by atoms with Crippen LogP contribution >= 0.6 is 11.6 Å². The first-order valence-electron chi connectivity index (χ1n) is 8.61. The van der Waals surface area contributed by atoms with E-state index in [-0.39, 0.29) is 16.5 Å². The molecule has 3 rings (SSSR count). The monoisotopic (exact) mass is 377 g/mol. The number of aromatic nitrogens is 2. The van der Waals surface area contributed by atoms with Gasteiger partial charge in [0.2, 0.25) is 0 Å². The molecule has 0 bridgehead atoms. The Kier molecular flexibility index (Phi) is 5.88. The Morgan fingerprint density at radius 3 is 2.73 bits per heavy atom. The van der Waals surface area contributed by atoms with Gasteiger partial charge in [0.1, 0.15) is 23.3 Å². The van der Waals surface area contributed by atoms with Crippen LogP contribution in [0.5, 0.6) is 0 Å². The Morgan fingerprint density at radius 2 is 2.00 bits per heavy atom. The summed E-state index contributed by atoms with van der Waals surface area (Å²) < 4.78 is 13.0. The second-order valence-corrected chi connectivity index (χ2v) is 6.57. The van der Waals surface area contributed by atoms with Crippen LogP contribution in [0.25, 0.3) is 0 Å². The van der Waals surface area contributed by atoms with Crippen molar-refractivity contribution >= 4 is 29.1 Å². The maximum atomic E-state index is 13.0. The van der Waals surface area contributed by atoms with Gasteiger partial charge in [-0.25, -0.2) is 14.4 Å². The molecule has 1 aliphatic rings. The SMILES string of the molecule is Cc1nc(NCCNC(=O)c2ccc(F)cc2Cl)cc(N2CCCC2)n1. The van der Waals surface area contributed by atoms with Crippen LogP contribution in [-0.4, -0.2) is 42.1 Å². The van der Waals surface area contributed by atoms with Crippen molar-refractivity contribution in [2.75, 3.05) is 36.4 Å². The molecular formula is C18H21ClFN5O. The number of carbonyl (C=O) groups excluding carboxylic acids is 1. The second kappa shape index (κ2) is 8.31. The van der Waals surface area contributed by atoms with Crippen molar-refractivity contribution < 1.29 is 9.18 Å². The molecule has 8 heteroatoms. The van der Waals surface area contributed by atoms with Crippen LogP contribution in [-0.2, 0) is 0 Å². The third kappa shape index (κ3) is 4.60. The first-order valence-corrected chi connectivity index (χ1v) is 8.98. The molecule has 1 fully saturated rings. The summed E-state index contributed by atoms with van der Waals surface area (Å²) in [7, 11) is 0. The number of amides is 1. The smallest absolute Gasteiger partial charge is 0.252 e. The Hall–Kier alpha value is -2.41. The Bertz CT molecular complexity index is 795. The molecule has 2 aromatic rings. The molecular weight excluding hydrogens is 357 g/mol. The maximum Gasteiger partial charge on any atom is 0.252 e. The van der Waals surface area contributed by atoms with Crippen LogP contribution in [0.4, 0.5) is 16.0 Å². The third-order valence-corrected chi connectivity index (χ3v) is 4.46. The molecule has 0 radical (unpaired) electrons. The van der Waals surface area contributed by atoms with Gasteiger partial charge in [-0.1, -0.05) is 11.6 Å². The van der Waals surface area contributed by atoms with Crippen LogP contribution in [0.3, 0.4) is 0 Å². The van der Waals surface area contributed by atoms with E-state index >= 15 is 0 Å². The van der Waals surface area contributed by atoms with Gasteiger partial charge < -0.3 is 15.5 Å². The molecule has 26 heavy (non-hydrogen) atoms. The molecule has 1 saturated heterocycles. The fraction of sp³-hybridized carbons (Fsp3) is 0.389. The van der Waals surface area contributed by atoms with Crippen molar-refractivity contribution in [3.05, 3.63) is 46.5 Å². The summed E-state index contributed by atoms with van der Waals surface area (Å²) in [6.45, 7) is 4.78. The molecule has 1 aliphatic heterocycles. The summed E-state index contributed by atoms with van der Waals surface area (Å²) in [6, 6.07) is 5.63. The molecule has 1 aromatic carbocycles. The van der Waals surface area contributed by atoms with Gasteiger partial charge in [-0.05, 0) is 38.0 Å². The van der Waals surface area contributed by atoms with Crippen molar-refractivity contribution in [1.29, 1.82) is 0 Å². The Morgan fingerprint density at radius 1 is 1.23 bits per heavy atom. The molecule has 0 aliphatic carbocycles. The third-order valence-electron chi connectivity index (χ3n) is 4.15. The quantitative estimate of drug-likeness (QED) is 0.757. The van der Waals surface area contributed by atoms with Crippen molar-refractivity contribution in [1.82, 2.24) is 15.3 Å². The van der Waals surface area contributed by atoms with E-state index in [1.165, 1.54) is 25.0 Å². The molecule has 0 saturated carbocycles. The molecule has 2 heterocycles. The number of aryl methyl sites for hydroxylation is 1. The average molecular weight is 378 g/mol. The van der Waals surface area contributed by atoms with Gasteiger partial charge in [-0.2, -0.15) is 0 Å². The molecule has 0 atom stereocenters. The normalized spacial score (nSPS) is 13.7. The van der Waals surface area contributed by atoms with E-state index in [0.29, 0.717) is 18.9 Å². The summed E-state index contributed by atoms with van der Waals surface area (Å²) in [5.41, 5.74) is 0.252. The van der Waals surface area contributed by atoms with Crippen molar-refractivity contribution in [3.8, 4) is 0 Å². The molecule has 0 unspecified atom stereocenters. The highest BCUT2D eigenvalue weighted by Crippen LogP contribution is 2.20. The summed E-state index contributed by atoms with van der Waals surface area (Å²) in [5, 5.41) is 6.04. The molecule has 6 nitrogen and oxygen atoms in total. The highest BCUT2D eigenvalue weighted by atomic mass is 35.5. The minimum atomic E-state index is -0.471. The van der Waals surface area contributed by atoms with Crippen molar-refractivity contribution in [3.63, 3.8) is 0 Å². The lowest BCUT2D eigenvalue weighted by molar-refractivity contribution is 0.0955. The minimum Gasteiger partial charge on any atom is -0.368 e.